The summed E-state index contributed by atoms with van der Waals surface area (Å²) in [5, 5.41) is 3.36. The quantitative estimate of drug-likeness (QED) is 0.905. The Morgan fingerprint density at radius 2 is 2.23 bits per heavy atom. The fourth-order valence-electron chi connectivity index (χ4n) is 2.38. The van der Waals surface area contributed by atoms with Crippen molar-refractivity contribution in [2.45, 2.75) is 32.8 Å². The van der Waals surface area contributed by atoms with Crippen LogP contribution in [0.15, 0.2) is 18.2 Å². The topological polar surface area (TPSA) is 58.6 Å². The second-order valence-corrected chi connectivity index (χ2v) is 5.95. The van der Waals surface area contributed by atoms with Crippen LogP contribution in [0.4, 0.5) is 5.69 Å². The normalized spacial score (nSPS) is 17.3. The number of benzene rings is 1. The molecule has 0 aromatic heterocycles. The summed E-state index contributed by atoms with van der Waals surface area (Å²) >= 11 is 6.03. The van der Waals surface area contributed by atoms with Gasteiger partial charge in [0, 0.05) is 30.8 Å². The van der Waals surface area contributed by atoms with Gasteiger partial charge in [-0.05, 0) is 37.5 Å². The van der Waals surface area contributed by atoms with E-state index in [1.807, 2.05) is 13.0 Å². The molecule has 1 aliphatic heterocycles. The number of carbonyl (C=O) groups is 2. The third kappa shape index (κ3) is 4.71. The van der Waals surface area contributed by atoms with E-state index in [0.29, 0.717) is 17.3 Å². The molecule has 0 aliphatic carbocycles. The molecule has 0 spiro atoms. The molecule has 22 heavy (non-hydrogen) atoms. The van der Waals surface area contributed by atoms with E-state index in [4.69, 9.17) is 16.3 Å². The lowest BCUT2D eigenvalue weighted by molar-refractivity contribution is -0.134. The molecule has 1 aromatic carbocycles. The maximum Gasteiger partial charge on any atom is 0.243 e. The van der Waals surface area contributed by atoms with E-state index in [9.17, 15) is 9.59 Å². The number of hydrogen-bond acceptors (Lipinski definition) is 3. The molecule has 6 heteroatoms. The molecular weight excluding hydrogens is 304 g/mol. The number of ether oxygens (including phenoxy) is 1. The van der Waals surface area contributed by atoms with Crippen LogP contribution in [0.2, 0.25) is 5.02 Å². The number of nitrogens with one attached hydrogen (secondary N) is 1. The molecule has 1 aliphatic rings. The Morgan fingerprint density at radius 3 is 2.82 bits per heavy atom. The van der Waals surface area contributed by atoms with Crippen LogP contribution in [0.5, 0.6) is 0 Å². The largest absolute Gasteiger partial charge is 0.376 e. The molecule has 1 fully saturated rings. The molecule has 1 atom stereocenters. The summed E-state index contributed by atoms with van der Waals surface area (Å²) < 4.78 is 5.52. The monoisotopic (exact) mass is 324 g/mol. The zero-order chi connectivity index (χ0) is 16.1. The summed E-state index contributed by atoms with van der Waals surface area (Å²) in [5.74, 6) is -0.374. The van der Waals surface area contributed by atoms with Crippen molar-refractivity contribution in [3.8, 4) is 0 Å². The number of halogens is 1. The minimum Gasteiger partial charge on any atom is -0.376 e. The van der Waals surface area contributed by atoms with Crippen molar-refractivity contribution in [2.75, 3.05) is 25.0 Å². The highest BCUT2D eigenvalue weighted by atomic mass is 35.5. The third-order valence-corrected chi connectivity index (χ3v) is 4.09. The van der Waals surface area contributed by atoms with Gasteiger partial charge in [0.15, 0.2) is 0 Å². The van der Waals surface area contributed by atoms with Crippen molar-refractivity contribution in [3.63, 3.8) is 0 Å². The second-order valence-electron chi connectivity index (χ2n) is 5.55. The van der Waals surface area contributed by atoms with E-state index in [0.717, 1.165) is 25.0 Å². The third-order valence-electron chi connectivity index (χ3n) is 3.68. The molecule has 1 unspecified atom stereocenters. The van der Waals surface area contributed by atoms with Gasteiger partial charge in [0.1, 0.15) is 0 Å². The van der Waals surface area contributed by atoms with Crippen molar-refractivity contribution >= 4 is 29.1 Å². The van der Waals surface area contributed by atoms with Gasteiger partial charge in [-0.2, -0.15) is 0 Å². The highest BCUT2D eigenvalue weighted by molar-refractivity contribution is 6.31. The lowest BCUT2D eigenvalue weighted by atomic mass is 10.2. The summed E-state index contributed by atoms with van der Waals surface area (Å²) in [7, 11) is 0. The van der Waals surface area contributed by atoms with Crippen molar-refractivity contribution in [1.82, 2.24) is 4.90 Å². The van der Waals surface area contributed by atoms with E-state index in [-0.39, 0.29) is 24.5 Å². The van der Waals surface area contributed by atoms with Crippen LogP contribution < -0.4 is 5.32 Å². The van der Waals surface area contributed by atoms with Crippen LogP contribution >= 0.6 is 11.6 Å². The average Bonchev–Trinajstić information content (AvgIpc) is 2.95. The number of amides is 2. The van der Waals surface area contributed by atoms with Crippen LogP contribution in [0, 0.1) is 6.92 Å². The molecule has 1 heterocycles. The van der Waals surface area contributed by atoms with Crippen molar-refractivity contribution in [2.24, 2.45) is 0 Å². The SMILES string of the molecule is CC(=O)N(CC(=O)Nc1ccc(C)c(Cl)c1)CC1CCCO1. The molecule has 0 saturated carbocycles. The number of nitrogens with zero attached hydrogens (tertiary/aromatic N) is 1. The van der Waals surface area contributed by atoms with Gasteiger partial charge in [-0.15, -0.1) is 0 Å². The Kier molecular flexibility index (Phi) is 5.80. The molecule has 1 N–H and O–H groups in total. The highest BCUT2D eigenvalue weighted by Crippen LogP contribution is 2.20. The first kappa shape index (κ1) is 16.8. The highest BCUT2D eigenvalue weighted by Gasteiger charge is 2.22. The van der Waals surface area contributed by atoms with Gasteiger partial charge in [0.25, 0.3) is 0 Å². The van der Waals surface area contributed by atoms with Gasteiger partial charge in [0.05, 0.1) is 12.6 Å². The summed E-state index contributed by atoms with van der Waals surface area (Å²) in [6.07, 6.45) is 1.97. The van der Waals surface area contributed by atoms with Crippen LogP contribution in [0.25, 0.3) is 0 Å². The lowest BCUT2D eigenvalue weighted by Gasteiger charge is -2.23. The van der Waals surface area contributed by atoms with Gasteiger partial charge in [-0.25, -0.2) is 0 Å². The maximum absolute atomic E-state index is 12.1. The van der Waals surface area contributed by atoms with Crippen molar-refractivity contribution in [1.29, 1.82) is 0 Å². The van der Waals surface area contributed by atoms with Gasteiger partial charge in [0.2, 0.25) is 11.8 Å². The van der Waals surface area contributed by atoms with Crippen LogP contribution in [0.1, 0.15) is 25.3 Å². The lowest BCUT2D eigenvalue weighted by Crippen LogP contribution is -2.41. The fraction of sp³-hybridized carbons (Fsp3) is 0.500. The number of aryl methyl sites for hydroxylation is 1. The molecule has 0 bridgehead atoms. The van der Waals surface area contributed by atoms with E-state index >= 15 is 0 Å². The fourth-order valence-corrected chi connectivity index (χ4v) is 2.56. The van der Waals surface area contributed by atoms with Gasteiger partial charge in [-0.3, -0.25) is 9.59 Å². The first-order valence-corrected chi connectivity index (χ1v) is 7.76. The van der Waals surface area contributed by atoms with Crippen LogP contribution in [-0.2, 0) is 14.3 Å². The maximum atomic E-state index is 12.1. The summed E-state index contributed by atoms with van der Waals surface area (Å²) in [5.41, 5.74) is 1.57. The molecular formula is C16H21ClN2O3. The van der Waals surface area contributed by atoms with E-state index in [1.165, 1.54) is 11.8 Å². The standard InChI is InChI=1S/C16H21ClN2O3/c1-11-5-6-13(8-15(11)17)18-16(21)10-19(12(2)20)9-14-4-3-7-22-14/h5-6,8,14H,3-4,7,9-10H2,1-2H3,(H,18,21). The first-order chi connectivity index (χ1) is 10.5. The minimum atomic E-state index is -0.242. The van der Waals surface area contributed by atoms with Crippen LogP contribution in [0.3, 0.4) is 0 Å². The minimum absolute atomic E-state index is 0.0146. The predicted octanol–water partition coefficient (Wildman–Crippen LogP) is 2.61. The average molecular weight is 325 g/mol. The summed E-state index contributed by atoms with van der Waals surface area (Å²) in [6, 6.07) is 5.33. The van der Waals surface area contributed by atoms with E-state index < -0.39 is 0 Å². The van der Waals surface area contributed by atoms with E-state index in [2.05, 4.69) is 5.32 Å². The van der Waals surface area contributed by atoms with Crippen LogP contribution in [-0.4, -0.2) is 42.5 Å². The summed E-state index contributed by atoms with van der Waals surface area (Å²) in [6.45, 7) is 4.56. The molecule has 1 saturated heterocycles. The molecule has 0 radical (unpaired) electrons. The first-order valence-electron chi connectivity index (χ1n) is 7.39. The predicted molar refractivity (Wildman–Crippen MR) is 86.0 cm³/mol. The van der Waals surface area contributed by atoms with Gasteiger partial charge in [-0.1, -0.05) is 17.7 Å². The Balaban J connectivity index is 1.92. The molecule has 120 valence electrons. The zero-order valence-corrected chi connectivity index (χ0v) is 13.7. The van der Waals surface area contributed by atoms with Crippen molar-refractivity contribution < 1.29 is 14.3 Å². The number of anilines is 1. The Hall–Kier alpha value is -1.59. The summed E-state index contributed by atoms with van der Waals surface area (Å²) in [4.78, 5) is 25.3. The van der Waals surface area contributed by atoms with Gasteiger partial charge < -0.3 is 15.0 Å². The molecule has 2 rings (SSSR count). The second kappa shape index (κ2) is 7.61. The smallest absolute Gasteiger partial charge is 0.243 e. The Morgan fingerprint density at radius 1 is 1.45 bits per heavy atom. The number of rotatable bonds is 5. The molecule has 2 amide bonds. The van der Waals surface area contributed by atoms with E-state index in [1.54, 1.807) is 12.1 Å². The Labute approximate surface area is 135 Å². The van der Waals surface area contributed by atoms with Gasteiger partial charge >= 0.3 is 0 Å². The zero-order valence-electron chi connectivity index (χ0n) is 12.9. The molecule has 5 nitrogen and oxygen atoms in total. The molecule has 1 aromatic rings. The Bertz CT molecular complexity index is 556. The number of carbonyl (C=O) groups excluding carboxylic acids is 2. The number of hydrogen-bond donors (Lipinski definition) is 1. The van der Waals surface area contributed by atoms with Crippen molar-refractivity contribution in [3.05, 3.63) is 28.8 Å².